The van der Waals surface area contributed by atoms with Crippen LogP contribution in [-0.2, 0) is 4.79 Å². The second-order valence-corrected chi connectivity index (χ2v) is 7.57. The largest absolute Gasteiger partial charge is 0.353 e. The summed E-state index contributed by atoms with van der Waals surface area (Å²) in [5.74, 6) is 3.08. The van der Waals surface area contributed by atoms with Crippen molar-refractivity contribution >= 4 is 17.4 Å². The monoisotopic (exact) mass is 340 g/mol. The zero-order valence-corrected chi connectivity index (χ0v) is 14.5. The van der Waals surface area contributed by atoms with Gasteiger partial charge in [0.2, 0.25) is 11.6 Å². The van der Waals surface area contributed by atoms with E-state index in [2.05, 4.69) is 29.4 Å². The number of fused-ring (bicyclic) bond motifs is 1. The number of piperidine rings is 1. The first kappa shape index (κ1) is 15.1. The van der Waals surface area contributed by atoms with Gasteiger partial charge in [0.25, 0.3) is 0 Å². The van der Waals surface area contributed by atoms with Crippen molar-refractivity contribution < 1.29 is 4.79 Å². The molecular weight excluding hydrogens is 316 g/mol. The number of carbonyl (C=O) groups excluding carboxylic acids is 1. The van der Waals surface area contributed by atoms with Crippen molar-refractivity contribution in [1.82, 2.24) is 24.5 Å². The lowest BCUT2D eigenvalue weighted by Gasteiger charge is -2.33. The first-order valence-corrected chi connectivity index (χ1v) is 9.54. The molecule has 1 aliphatic carbocycles. The predicted octanol–water partition coefficient (Wildman–Crippen LogP) is 1.84. The van der Waals surface area contributed by atoms with Gasteiger partial charge in [-0.15, -0.1) is 10.2 Å². The van der Waals surface area contributed by atoms with E-state index in [4.69, 9.17) is 0 Å². The molecule has 25 heavy (non-hydrogen) atoms. The highest BCUT2D eigenvalue weighted by molar-refractivity contribution is 5.79. The molecule has 3 aliphatic rings. The third kappa shape index (κ3) is 2.65. The molecule has 3 fully saturated rings. The Kier molecular flexibility index (Phi) is 3.60. The number of rotatable bonds is 3. The van der Waals surface area contributed by atoms with Crippen LogP contribution >= 0.6 is 0 Å². The topological polar surface area (TPSA) is 66.6 Å². The molecule has 0 aromatic carbocycles. The highest BCUT2D eigenvalue weighted by Crippen LogP contribution is 2.39. The van der Waals surface area contributed by atoms with Gasteiger partial charge in [0.15, 0.2) is 5.82 Å². The SMILES string of the molecule is O=C(C1CCN(c2nccn3c(C4CC4)nnc23)CC1)N1CCCC1. The van der Waals surface area contributed by atoms with Gasteiger partial charge in [-0.05, 0) is 38.5 Å². The van der Waals surface area contributed by atoms with E-state index in [1.165, 1.54) is 12.8 Å². The van der Waals surface area contributed by atoms with Gasteiger partial charge >= 0.3 is 0 Å². The van der Waals surface area contributed by atoms with Crippen LogP contribution in [-0.4, -0.2) is 56.6 Å². The Bertz CT molecular complexity index is 784. The summed E-state index contributed by atoms with van der Waals surface area (Å²) in [4.78, 5) is 21.5. The average Bonchev–Trinajstić information content (AvgIpc) is 3.19. The zero-order valence-electron chi connectivity index (χ0n) is 14.5. The lowest BCUT2D eigenvalue weighted by Crippen LogP contribution is -2.42. The number of hydrogen-bond acceptors (Lipinski definition) is 5. The summed E-state index contributed by atoms with van der Waals surface area (Å²) >= 11 is 0. The molecule has 132 valence electrons. The van der Waals surface area contributed by atoms with Crippen molar-refractivity contribution in [2.75, 3.05) is 31.1 Å². The number of likely N-dealkylation sites (tertiary alicyclic amines) is 1. The maximum absolute atomic E-state index is 12.6. The van der Waals surface area contributed by atoms with Gasteiger partial charge in [-0.25, -0.2) is 4.98 Å². The summed E-state index contributed by atoms with van der Waals surface area (Å²) in [5, 5.41) is 8.80. The van der Waals surface area contributed by atoms with Gasteiger partial charge in [-0.2, -0.15) is 0 Å². The van der Waals surface area contributed by atoms with Gasteiger partial charge in [-0.3, -0.25) is 9.20 Å². The lowest BCUT2D eigenvalue weighted by molar-refractivity contribution is -0.135. The molecule has 5 rings (SSSR count). The fraction of sp³-hybridized carbons (Fsp3) is 0.667. The molecule has 0 N–H and O–H groups in total. The van der Waals surface area contributed by atoms with E-state index in [-0.39, 0.29) is 5.92 Å². The fourth-order valence-corrected chi connectivity index (χ4v) is 4.21. The van der Waals surface area contributed by atoms with Crippen LogP contribution in [0.5, 0.6) is 0 Å². The predicted molar refractivity (Wildman–Crippen MR) is 93.5 cm³/mol. The Morgan fingerprint density at radius 1 is 1.00 bits per heavy atom. The minimum absolute atomic E-state index is 0.175. The van der Waals surface area contributed by atoms with Crippen LogP contribution < -0.4 is 4.90 Å². The van der Waals surface area contributed by atoms with Gasteiger partial charge in [0, 0.05) is 50.4 Å². The van der Waals surface area contributed by atoms with E-state index in [0.29, 0.717) is 11.8 Å². The number of hydrogen-bond donors (Lipinski definition) is 0. The van der Waals surface area contributed by atoms with Crippen molar-refractivity contribution in [1.29, 1.82) is 0 Å². The molecule has 7 nitrogen and oxygen atoms in total. The van der Waals surface area contributed by atoms with E-state index in [1.807, 2.05) is 12.4 Å². The van der Waals surface area contributed by atoms with Gasteiger partial charge in [0.1, 0.15) is 5.82 Å². The molecule has 7 heteroatoms. The van der Waals surface area contributed by atoms with Crippen LogP contribution in [0.15, 0.2) is 12.4 Å². The Labute approximate surface area is 147 Å². The van der Waals surface area contributed by atoms with Gasteiger partial charge < -0.3 is 9.80 Å². The number of aromatic nitrogens is 4. The third-order valence-corrected chi connectivity index (χ3v) is 5.84. The minimum Gasteiger partial charge on any atom is -0.353 e. The van der Waals surface area contributed by atoms with E-state index in [0.717, 1.165) is 69.2 Å². The maximum atomic E-state index is 12.6. The van der Waals surface area contributed by atoms with Gasteiger partial charge in [-0.1, -0.05) is 0 Å². The molecule has 0 bridgehead atoms. The summed E-state index contributed by atoms with van der Waals surface area (Å²) in [5.41, 5.74) is 0.855. The lowest BCUT2D eigenvalue weighted by atomic mass is 9.95. The molecule has 0 atom stereocenters. The number of amides is 1. The van der Waals surface area contributed by atoms with E-state index < -0.39 is 0 Å². The van der Waals surface area contributed by atoms with Crippen LogP contribution in [0, 0.1) is 5.92 Å². The molecule has 1 amide bonds. The normalized spacial score (nSPS) is 22.1. The van der Waals surface area contributed by atoms with Crippen LogP contribution in [0.1, 0.15) is 50.3 Å². The van der Waals surface area contributed by atoms with Crippen LogP contribution in [0.2, 0.25) is 0 Å². The molecule has 2 aromatic rings. The summed E-state index contributed by atoms with van der Waals surface area (Å²) < 4.78 is 2.10. The Hall–Kier alpha value is -2.18. The summed E-state index contributed by atoms with van der Waals surface area (Å²) in [6.07, 6.45) is 10.4. The van der Waals surface area contributed by atoms with E-state index >= 15 is 0 Å². The number of carbonyl (C=O) groups is 1. The molecule has 1 saturated carbocycles. The van der Waals surface area contributed by atoms with Crippen LogP contribution in [0.3, 0.4) is 0 Å². The Morgan fingerprint density at radius 2 is 1.76 bits per heavy atom. The fourth-order valence-electron chi connectivity index (χ4n) is 4.21. The maximum Gasteiger partial charge on any atom is 0.225 e. The van der Waals surface area contributed by atoms with Gasteiger partial charge in [0.05, 0.1) is 0 Å². The summed E-state index contributed by atoms with van der Waals surface area (Å²) in [7, 11) is 0. The average molecular weight is 340 g/mol. The third-order valence-electron chi connectivity index (χ3n) is 5.84. The second-order valence-electron chi connectivity index (χ2n) is 7.57. The van der Waals surface area contributed by atoms with Crippen molar-refractivity contribution in [2.45, 2.75) is 44.4 Å². The van der Waals surface area contributed by atoms with Crippen LogP contribution in [0.4, 0.5) is 5.82 Å². The van der Waals surface area contributed by atoms with Crippen LogP contribution in [0.25, 0.3) is 5.65 Å². The number of anilines is 1. The second kappa shape index (κ2) is 5.97. The molecular formula is C18H24N6O. The zero-order chi connectivity index (χ0) is 16.8. The van der Waals surface area contributed by atoms with Crippen molar-refractivity contribution in [3.63, 3.8) is 0 Å². The van der Waals surface area contributed by atoms with Crippen molar-refractivity contribution in [3.8, 4) is 0 Å². The molecule has 4 heterocycles. The molecule has 0 spiro atoms. The number of nitrogens with zero attached hydrogens (tertiary/aromatic N) is 6. The van der Waals surface area contributed by atoms with Crippen molar-refractivity contribution in [2.24, 2.45) is 5.92 Å². The minimum atomic E-state index is 0.175. The summed E-state index contributed by atoms with van der Waals surface area (Å²) in [6.45, 7) is 3.62. The summed E-state index contributed by atoms with van der Waals surface area (Å²) in [6, 6.07) is 0. The highest BCUT2D eigenvalue weighted by atomic mass is 16.2. The standard InChI is InChI=1S/C18H24N6O/c25-18(23-8-1-2-9-23)14-5-10-22(11-6-14)16-17-21-20-15(13-3-4-13)24(17)12-7-19-16/h7,12-14H,1-6,8-11H2. The molecule has 0 radical (unpaired) electrons. The molecule has 0 unspecified atom stereocenters. The van der Waals surface area contributed by atoms with E-state index in [1.54, 1.807) is 0 Å². The Balaban J connectivity index is 1.32. The van der Waals surface area contributed by atoms with Crippen molar-refractivity contribution in [3.05, 3.63) is 18.2 Å². The Morgan fingerprint density at radius 3 is 2.48 bits per heavy atom. The first-order chi connectivity index (χ1) is 12.3. The van der Waals surface area contributed by atoms with E-state index in [9.17, 15) is 4.79 Å². The molecule has 2 aliphatic heterocycles. The highest BCUT2D eigenvalue weighted by Gasteiger charge is 2.32. The smallest absolute Gasteiger partial charge is 0.225 e. The quantitative estimate of drug-likeness (QED) is 0.853. The molecule has 2 saturated heterocycles. The first-order valence-electron chi connectivity index (χ1n) is 9.54. The molecule has 2 aromatic heterocycles.